The van der Waals surface area contributed by atoms with Crippen molar-refractivity contribution >= 4 is 10.9 Å². The van der Waals surface area contributed by atoms with Crippen LogP contribution in [-0.2, 0) is 0 Å². The highest BCUT2D eigenvalue weighted by molar-refractivity contribution is 5.79. The largest absolute Gasteiger partial charge is 0.309 e. The predicted molar refractivity (Wildman–Crippen MR) is 88.6 cm³/mol. The van der Waals surface area contributed by atoms with Crippen LogP contribution in [-0.4, -0.2) is 12.0 Å². The molecule has 0 bridgehead atoms. The number of para-hydroxylation sites is 1. The van der Waals surface area contributed by atoms with Crippen molar-refractivity contribution < 1.29 is 0 Å². The standard InChI is InChI=1S/C19H20N2/c1-13-8-14(2)10-16(9-13)19(20-3)17-11-15-6-4-5-7-18(15)21-12-17/h4-12,19-20H,1-3H3. The van der Waals surface area contributed by atoms with Gasteiger partial charge >= 0.3 is 0 Å². The van der Waals surface area contributed by atoms with Crippen LogP contribution in [0.1, 0.15) is 28.3 Å². The van der Waals surface area contributed by atoms with Gasteiger partial charge in [0.15, 0.2) is 0 Å². The number of nitrogens with zero attached hydrogens (tertiary/aromatic N) is 1. The molecule has 1 atom stereocenters. The first-order valence-corrected chi connectivity index (χ1v) is 7.27. The van der Waals surface area contributed by atoms with Gasteiger partial charge in [0.1, 0.15) is 0 Å². The highest BCUT2D eigenvalue weighted by Crippen LogP contribution is 2.25. The van der Waals surface area contributed by atoms with Gasteiger partial charge < -0.3 is 5.32 Å². The fourth-order valence-electron chi connectivity index (χ4n) is 2.95. The quantitative estimate of drug-likeness (QED) is 0.777. The van der Waals surface area contributed by atoms with Crippen LogP contribution in [0.3, 0.4) is 0 Å². The van der Waals surface area contributed by atoms with Crippen molar-refractivity contribution in [3.05, 3.63) is 77.0 Å². The number of aromatic nitrogens is 1. The van der Waals surface area contributed by atoms with Gasteiger partial charge in [0.25, 0.3) is 0 Å². The van der Waals surface area contributed by atoms with Gasteiger partial charge in [-0.15, -0.1) is 0 Å². The molecule has 2 aromatic carbocycles. The van der Waals surface area contributed by atoms with E-state index in [1.54, 1.807) is 0 Å². The van der Waals surface area contributed by atoms with Crippen LogP contribution in [0.25, 0.3) is 10.9 Å². The second-order valence-electron chi connectivity index (χ2n) is 5.60. The number of nitrogens with one attached hydrogen (secondary N) is 1. The molecule has 1 aromatic heterocycles. The molecule has 3 rings (SSSR count). The fourth-order valence-corrected chi connectivity index (χ4v) is 2.95. The first-order chi connectivity index (χ1) is 10.2. The maximum atomic E-state index is 4.58. The zero-order valence-electron chi connectivity index (χ0n) is 12.7. The summed E-state index contributed by atoms with van der Waals surface area (Å²) in [5.74, 6) is 0. The normalized spacial score (nSPS) is 12.5. The van der Waals surface area contributed by atoms with Crippen LogP contribution in [0.2, 0.25) is 0 Å². The lowest BCUT2D eigenvalue weighted by Gasteiger charge is -2.18. The average Bonchev–Trinajstić information content (AvgIpc) is 2.47. The molecule has 1 heterocycles. The van der Waals surface area contributed by atoms with Crippen LogP contribution >= 0.6 is 0 Å². The van der Waals surface area contributed by atoms with Crippen molar-refractivity contribution in [3.63, 3.8) is 0 Å². The summed E-state index contributed by atoms with van der Waals surface area (Å²) in [7, 11) is 2.00. The number of benzene rings is 2. The summed E-state index contributed by atoms with van der Waals surface area (Å²) in [5, 5.41) is 4.59. The van der Waals surface area contributed by atoms with Crippen LogP contribution in [0.4, 0.5) is 0 Å². The van der Waals surface area contributed by atoms with Gasteiger partial charge in [0.2, 0.25) is 0 Å². The van der Waals surface area contributed by atoms with Crippen molar-refractivity contribution in [2.45, 2.75) is 19.9 Å². The van der Waals surface area contributed by atoms with Gasteiger partial charge in [-0.05, 0) is 44.2 Å². The van der Waals surface area contributed by atoms with Crippen LogP contribution in [0.15, 0.2) is 54.7 Å². The minimum atomic E-state index is 0.167. The zero-order chi connectivity index (χ0) is 14.8. The third-order valence-corrected chi connectivity index (χ3v) is 3.81. The van der Waals surface area contributed by atoms with E-state index in [0.717, 1.165) is 5.52 Å². The maximum Gasteiger partial charge on any atom is 0.0702 e. The molecule has 0 radical (unpaired) electrons. The molecule has 106 valence electrons. The number of rotatable bonds is 3. The molecule has 0 aliphatic carbocycles. The van der Waals surface area contributed by atoms with Crippen LogP contribution in [0, 0.1) is 13.8 Å². The lowest BCUT2D eigenvalue weighted by Crippen LogP contribution is -2.18. The predicted octanol–water partition coefficient (Wildman–Crippen LogP) is 4.16. The molecule has 0 fully saturated rings. The highest BCUT2D eigenvalue weighted by Gasteiger charge is 2.13. The molecule has 0 aliphatic rings. The van der Waals surface area contributed by atoms with Crippen molar-refractivity contribution in [1.82, 2.24) is 10.3 Å². The van der Waals surface area contributed by atoms with E-state index in [1.807, 2.05) is 25.4 Å². The first kappa shape index (κ1) is 13.8. The summed E-state index contributed by atoms with van der Waals surface area (Å²) in [5.41, 5.74) is 6.10. The molecule has 0 saturated heterocycles. The number of hydrogen-bond acceptors (Lipinski definition) is 2. The SMILES string of the molecule is CNC(c1cc(C)cc(C)c1)c1cnc2ccccc2c1. The molecule has 3 aromatic rings. The molecule has 0 spiro atoms. The van der Waals surface area contributed by atoms with Gasteiger partial charge in [-0.25, -0.2) is 0 Å². The van der Waals surface area contributed by atoms with Gasteiger partial charge in [-0.1, -0.05) is 47.5 Å². The van der Waals surface area contributed by atoms with Crippen molar-refractivity contribution in [2.75, 3.05) is 7.05 Å². The second kappa shape index (κ2) is 5.66. The Labute approximate surface area is 125 Å². The topological polar surface area (TPSA) is 24.9 Å². The van der Waals surface area contributed by atoms with E-state index in [1.165, 1.54) is 27.6 Å². The van der Waals surface area contributed by atoms with Gasteiger partial charge in [0, 0.05) is 11.6 Å². The Bertz CT molecular complexity index is 757. The molecule has 2 heteroatoms. The summed E-state index contributed by atoms with van der Waals surface area (Å²) < 4.78 is 0. The smallest absolute Gasteiger partial charge is 0.0702 e. The Balaban J connectivity index is 2.08. The van der Waals surface area contributed by atoms with Gasteiger partial charge in [0.05, 0.1) is 11.6 Å². The monoisotopic (exact) mass is 276 g/mol. The second-order valence-corrected chi connectivity index (χ2v) is 5.60. The number of aryl methyl sites for hydroxylation is 2. The highest BCUT2D eigenvalue weighted by atomic mass is 14.9. The Morgan fingerprint density at radius 3 is 2.33 bits per heavy atom. The van der Waals surface area contributed by atoms with Crippen LogP contribution < -0.4 is 5.32 Å². The van der Waals surface area contributed by atoms with E-state index in [-0.39, 0.29) is 6.04 Å². The van der Waals surface area contributed by atoms with E-state index in [0.29, 0.717) is 0 Å². The summed E-state index contributed by atoms with van der Waals surface area (Å²) >= 11 is 0. The lowest BCUT2D eigenvalue weighted by atomic mass is 9.96. The number of fused-ring (bicyclic) bond motifs is 1. The molecule has 2 nitrogen and oxygen atoms in total. The summed E-state index contributed by atoms with van der Waals surface area (Å²) in [6, 6.07) is 17.3. The summed E-state index contributed by atoms with van der Waals surface area (Å²) in [6.07, 6.45) is 1.97. The molecule has 0 aliphatic heterocycles. The Hall–Kier alpha value is -2.19. The summed E-state index contributed by atoms with van der Waals surface area (Å²) in [4.78, 5) is 4.58. The number of pyridine rings is 1. The molecular formula is C19H20N2. The van der Waals surface area contributed by atoms with Gasteiger partial charge in [-0.3, -0.25) is 4.98 Å². The maximum absolute atomic E-state index is 4.58. The minimum absolute atomic E-state index is 0.167. The Kier molecular flexibility index (Phi) is 3.72. The van der Waals surface area contributed by atoms with Crippen molar-refractivity contribution in [3.8, 4) is 0 Å². The zero-order valence-corrected chi connectivity index (χ0v) is 12.7. The summed E-state index contributed by atoms with van der Waals surface area (Å²) in [6.45, 7) is 4.28. The lowest BCUT2D eigenvalue weighted by molar-refractivity contribution is 0.689. The van der Waals surface area contributed by atoms with Crippen molar-refractivity contribution in [2.24, 2.45) is 0 Å². The van der Waals surface area contributed by atoms with E-state index in [2.05, 4.69) is 60.5 Å². The van der Waals surface area contributed by atoms with Crippen LogP contribution in [0.5, 0.6) is 0 Å². The van der Waals surface area contributed by atoms with E-state index >= 15 is 0 Å². The molecule has 1 unspecified atom stereocenters. The average molecular weight is 276 g/mol. The Morgan fingerprint density at radius 2 is 1.62 bits per heavy atom. The fraction of sp³-hybridized carbons (Fsp3) is 0.211. The molecule has 21 heavy (non-hydrogen) atoms. The number of hydrogen-bond donors (Lipinski definition) is 1. The molecule has 0 amide bonds. The third kappa shape index (κ3) is 2.81. The van der Waals surface area contributed by atoms with E-state index in [4.69, 9.17) is 0 Å². The Morgan fingerprint density at radius 1 is 0.905 bits per heavy atom. The third-order valence-electron chi connectivity index (χ3n) is 3.81. The minimum Gasteiger partial charge on any atom is -0.309 e. The van der Waals surface area contributed by atoms with Gasteiger partial charge in [-0.2, -0.15) is 0 Å². The molecule has 1 N–H and O–H groups in total. The van der Waals surface area contributed by atoms with E-state index in [9.17, 15) is 0 Å². The van der Waals surface area contributed by atoms with E-state index < -0.39 is 0 Å². The molecule has 0 saturated carbocycles. The molecular weight excluding hydrogens is 256 g/mol. The first-order valence-electron chi connectivity index (χ1n) is 7.27. The van der Waals surface area contributed by atoms with Crippen molar-refractivity contribution in [1.29, 1.82) is 0 Å².